The maximum atomic E-state index is 9.74. The fourth-order valence-corrected chi connectivity index (χ4v) is 0.245. The molecule has 2 nitrogen and oxygen atoms in total. The second kappa shape index (κ2) is 3.14. The van der Waals surface area contributed by atoms with Gasteiger partial charge in [-0.15, -0.1) is 0 Å². The molecule has 34 valence electrons. The Morgan fingerprint density at radius 2 is 2.50 bits per heavy atom. The highest BCUT2D eigenvalue weighted by molar-refractivity contribution is 14.1. The number of hydrogen-bond acceptors (Lipinski definition) is 2. The smallest absolute Gasteiger partial charge is 0.371 e. The Balaban J connectivity index is 3.05. The first-order valence-corrected chi connectivity index (χ1v) is 2.32. The molecule has 0 aromatic carbocycles. The average Bonchev–Trinajstić information content (AvgIpc) is 1.35. The Morgan fingerprint density at radius 3 is 2.50 bits per heavy atom. The van der Waals surface area contributed by atoms with E-state index in [4.69, 9.17) is 0 Å². The van der Waals surface area contributed by atoms with Gasteiger partial charge in [-0.05, 0) is 0 Å². The summed E-state index contributed by atoms with van der Waals surface area (Å²) in [5.74, 6) is 0. The predicted octanol–water partition coefficient (Wildman–Crippen LogP) is 1.70. The van der Waals surface area contributed by atoms with E-state index in [2.05, 4.69) is 11.3 Å². The number of rotatable bonds is 1. The normalized spacial score (nSPS) is 6.83. The van der Waals surface area contributed by atoms with E-state index in [1.54, 1.807) is 0 Å². The van der Waals surface area contributed by atoms with Gasteiger partial charge in [-0.3, -0.25) is 0 Å². The zero-order valence-electron chi connectivity index (χ0n) is 2.98. The lowest BCUT2D eigenvalue weighted by Crippen LogP contribution is -1.78. The molecule has 0 saturated heterocycles. The van der Waals surface area contributed by atoms with Gasteiger partial charge in [0.15, 0.2) is 0 Å². The molecule has 0 N–H and O–H groups in total. The van der Waals surface area contributed by atoms with Gasteiger partial charge in [0, 0.05) is 0 Å². The number of carbonyl (C=O) groups is 1. The van der Waals surface area contributed by atoms with Crippen molar-refractivity contribution in [3.05, 3.63) is 12.8 Å². The van der Waals surface area contributed by atoms with Crippen LogP contribution >= 0.6 is 22.6 Å². The van der Waals surface area contributed by atoms with Crippen LogP contribution in [0.2, 0.25) is 0 Å². The molecule has 0 atom stereocenters. The summed E-state index contributed by atoms with van der Waals surface area (Å²) in [5, 5.41) is 0. The highest BCUT2D eigenvalue weighted by atomic mass is 127. The molecule has 0 spiro atoms. The summed E-state index contributed by atoms with van der Waals surface area (Å²) in [4.78, 5) is 9.74. The molecule has 0 aliphatic rings. The summed E-state index contributed by atoms with van der Waals surface area (Å²) < 4.78 is 3.79. The monoisotopic (exact) mass is 198 g/mol. The molecule has 0 aliphatic carbocycles. The maximum Gasteiger partial charge on any atom is 0.371 e. The standard InChI is InChI=1S/C3H3IO2/c1-2-6-3(4)5/h2H,1H2. The van der Waals surface area contributed by atoms with Gasteiger partial charge in [-0.2, -0.15) is 0 Å². The van der Waals surface area contributed by atoms with E-state index in [1.165, 1.54) is 22.6 Å². The van der Waals surface area contributed by atoms with Gasteiger partial charge < -0.3 is 4.74 Å². The molecular formula is C3H3IO2. The van der Waals surface area contributed by atoms with Crippen molar-refractivity contribution in [2.75, 3.05) is 0 Å². The second-order valence-electron chi connectivity index (χ2n) is 0.522. The molecule has 0 aromatic heterocycles. The molecule has 0 aromatic rings. The van der Waals surface area contributed by atoms with Gasteiger partial charge in [0.1, 0.15) is 0 Å². The van der Waals surface area contributed by atoms with Crippen LogP contribution in [0.3, 0.4) is 0 Å². The van der Waals surface area contributed by atoms with Crippen LogP contribution in [0.4, 0.5) is 4.79 Å². The van der Waals surface area contributed by atoms with Crippen LogP contribution in [0.1, 0.15) is 0 Å². The summed E-state index contributed by atoms with van der Waals surface area (Å²) in [6, 6.07) is 0. The molecule has 0 heterocycles. The number of halogens is 1. The number of hydrogen-bond donors (Lipinski definition) is 0. The Morgan fingerprint density at radius 1 is 2.00 bits per heavy atom. The van der Waals surface area contributed by atoms with Gasteiger partial charge in [0.2, 0.25) is 0 Å². The molecule has 0 unspecified atom stereocenters. The Bertz CT molecular complexity index is 69.2. The van der Waals surface area contributed by atoms with E-state index in [-0.39, 0.29) is 3.98 Å². The van der Waals surface area contributed by atoms with Gasteiger partial charge in [-0.25, -0.2) is 4.79 Å². The summed E-state index contributed by atoms with van der Waals surface area (Å²) in [6.45, 7) is 3.15. The minimum atomic E-state index is -0.359. The molecule has 6 heavy (non-hydrogen) atoms. The van der Waals surface area contributed by atoms with Gasteiger partial charge in [0.25, 0.3) is 0 Å². The van der Waals surface area contributed by atoms with Gasteiger partial charge >= 0.3 is 3.98 Å². The van der Waals surface area contributed by atoms with Crippen LogP contribution in [0, 0.1) is 0 Å². The molecular weight excluding hydrogens is 195 g/mol. The van der Waals surface area contributed by atoms with E-state index in [0.29, 0.717) is 0 Å². The van der Waals surface area contributed by atoms with Gasteiger partial charge in [-0.1, -0.05) is 6.58 Å². The first-order chi connectivity index (χ1) is 2.77. The van der Waals surface area contributed by atoms with E-state index in [1.807, 2.05) is 0 Å². The largest absolute Gasteiger partial charge is 0.428 e. The minimum absolute atomic E-state index is 0.359. The van der Waals surface area contributed by atoms with Crippen molar-refractivity contribution in [1.82, 2.24) is 0 Å². The Labute approximate surface area is 49.3 Å². The fourth-order valence-electron chi connectivity index (χ4n) is 0.0655. The number of ether oxygens (including phenoxy) is 1. The highest BCUT2D eigenvalue weighted by Gasteiger charge is 1.82. The van der Waals surface area contributed by atoms with Crippen molar-refractivity contribution in [3.8, 4) is 0 Å². The fraction of sp³-hybridized carbons (Fsp3) is 0. The van der Waals surface area contributed by atoms with E-state index < -0.39 is 0 Å². The summed E-state index contributed by atoms with van der Waals surface area (Å²) in [7, 11) is 0. The number of carbonyl (C=O) groups excluding carboxylic acids is 1. The third-order valence-corrected chi connectivity index (χ3v) is 0.430. The van der Waals surface area contributed by atoms with E-state index in [0.717, 1.165) is 6.26 Å². The van der Waals surface area contributed by atoms with E-state index >= 15 is 0 Å². The third kappa shape index (κ3) is 3.94. The van der Waals surface area contributed by atoms with Crippen LogP contribution in [0.5, 0.6) is 0 Å². The Kier molecular flexibility index (Phi) is 3.11. The van der Waals surface area contributed by atoms with Crippen LogP contribution in [0.25, 0.3) is 0 Å². The van der Waals surface area contributed by atoms with Crippen LogP contribution < -0.4 is 0 Å². The molecule has 0 saturated carbocycles. The second-order valence-corrected chi connectivity index (χ2v) is 1.40. The predicted molar refractivity (Wildman–Crippen MR) is 30.7 cm³/mol. The summed E-state index contributed by atoms with van der Waals surface area (Å²) in [6.07, 6.45) is 1.09. The van der Waals surface area contributed by atoms with Crippen LogP contribution in [-0.2, 0) is 4.74 Å². The molecule has 0 radical (unpaired) electrons. The van der Waals surface area contributed by atoms with E-state index in [9.17, 15) is 4.79 Å². The molecule has 0 bridgehead atoms. The first kappa shape index (κ1) is 5.94. The average molecular weight is 198 g/mol. The zero-order valence-corrected chi connectivity index (χ0v) is 5.14. The molecule has 0 amide bonds. The van der Waals surface area contributed by atoms with Crippen molar-refractivity contribution in [3.63, 3.8) is 0 Å². The first-order valence-electron chi connectivity index (χ1n) is 1.24. The zero-order chi connectivity index (χ0) is 4.99. The highest BCUT2D eigenvalue weighted by Crippen LogP contribution is 1.88. The maximum absolute atomic E-state index is 9.74. The van der Waals surface area contributed by atoms with Gasteiger partial charge in [0.05, 0.1) is 28.9 Å². The minimum Gasteiger partial charge on any atom is -0.428 e. The summed E-state index contributed by atoms with van der Waals surface area (Å²) in [5.41, 5.74) is 0. The topological polar surface area (TPSA) is 26.3 Å². The Hall–Kier alpha value is -0.0600. The van der Waals surface area contributed by atoms with Crippen LogP contribution in [-0.4, -0.2) is 3.98 Å². The molecule has 0 fully saturated rings. The molecule has 0 rings (SSSR count). The van der Waals surface area contributed by atoms with Crippen molar-refractivity contribution < 1.29 is 9.53 Å². The lowest BCUT2D eigenvalue weighted by atomic mass is 11.1. The van der Waals surface area contributed by atoms with Crippen LogP contribution in [0.15, 0.2) is 12.8 Å². The van der Waals surface area contributed by atoms with Crippen molar-refractivity contribution in [1.29, 1.82) is 0 Å². The quantitative estimate of drug-likeness (QED) is 0.364. The SMILES string of the molecule is C=COC(=O)I. The van der Waals surface area contributed by atoms with Crippen molar-refractivity contribution >= 4 is 26.6 Å². The third-order valence-electron chi connectivity index (χ3n) is 0.176. The molecule has 3 heteroatoms. The molecule has 0 aliphatic heterocycles. The lowest BCUT2D eigenvalue weighted by molar-refractivity contribution is 0.217. The summed E-state index contributed by atoms with van der Waals surface area (Å²) >= 11 is 1.51. The lowest BCUT2D eigenvalue weighted by Gasteiger charge is -1.81. The van der Waals surface area contributed by atoms with Crippen molar-refractivity contribution in [2.24, 2.45) is 0 Å². The van der Waals surface area contributed by atoms with Crippen molar-refractivity contribution in [2.45, 2.75) is 0 Å².